The van der Waals surface area contributed by atoms with Gasteiger partial charge in [-0.2, -0.15) is 0 Å². The molecule has 0 aromatic rings. The fourth-order valence-corrected chi connectivity index (χ4v) is 1.48. The van der Waals surface area contributed by atoms with Crippen LogP contribution in [0.15, 0.2) is 0 Å². The number of carboxylic acids is 2. The highest BCUT2D eigenvalue weighted by atomic mass is 16.4. The zero-order valence-electron chi connectivity index (χ0n) is 10.8. The fourth-order valence-electron chi connectivity index (χ4n) is 1.48. The van der Waals surface area contributed by atoms with Crippen molar-refractivity contribution in [1.82, 2.24) is 10.2 Å². The van der Waals surface area contributed by atoms with Crippen LogP contribution in [-0.4, -0.2) is 51.7 Å². The topological polar surface area (TPSA) is 107 Å². The lowest BCUT2D eigenvalue weighted by atomic mass is 10.2. The molecule has 2 unspecified atom stereocenters. The lowest BCUT2D eigenvalue weighted by Crippen LogP contribution is -2.51. The van der Waals surface area contributed by atoms with E-state index in [-0.39, 0.29) is 6.04 Å². The Bertz CT molecular complexity index is 319. The van der Waals surface area contributed by atoms with Crippen molar-refractivity contribution >= 4 is 18.0 Å². The molecule has 0 saturated heterocycles. The summed E-state index contributed by atoms with van der Waals surface area (Å²) in [7, 11) is 0. The van der Waals surface area contributed by atoms with Crippen LogP contribution in [0.4, 0.5) is 4.79 Å². The van der Waals surface area contributed by atoms with Crippen molar-refractivity contribution in [1.29, 1.82) is 0 Å². The van der Waals surface area contributed by atoms with E-state index in [1.54, 1.807) is 6.92 Å². The van der Waals surface area contributed by atoms with Gasteiger partial charge in [0.2, 0.25) is 0 Å². The van der Waals surface area contributed by atoms with Crippen LogP contribution in [-0.2, 0) is 9.59 Å². The lowest BCUT2D eigenvalue weighted by molar-refractivity contribution is -0.145. The first-order valence-corrected chi connectivity index (χ1v) is 5.85. The van der Waals surface area contributed by atoms with E-state index in [9.17, 15) is 14.4 Å². The van der Waals surface area contributed by atoms with E-state index in [0.717, 1.165) is 6.42 Å². The maximum absolute atomic E-state index is 11.8. The molecule has 0 aliphatic heterocycles. The molecule has 0 bridgehead atoms. The van der Waals surface area contributed by atoms with Gasteiger partial charge in [-0.05, 0) is 20.3 Å². The number of nitrogens with zero attached hydrogens (tertiary/aromatic N) is 1. The minimum atomic E-state index is -1.41. The summed E-state index contributed by atoms with van der Waals surface area (Å²) in [6.07, 6.45) is 0.0943. The van der Waals surface area contributed by atoms with Crippen molar-refractivity contribution in [3.8, 4) is 0 Å². The van der Waals surface area contributed by atoms with E-state index in [1.807, 2.05) is 13.8 Å². The number of hydrogen-bond donors (Lipinski definition) is 3. The average Bonchev–Trinajstić information content (AvgIpc) is 2.27. The van der Waals surface area contributed by atoms with Gasteiger partial charge < -0.3 is 20.4 Å². The number of nitrogens with one attached hydrogen (secondary N) is 1. The van der Waals surface area contributed by atoms with Crippen LogP contribution in [0.3, 0.4) is 0 Å². The number of urea groups is 1. The van der Waals surface area contributed by atoms with Crippen LogP contribution in [0.2, 0.25) is 0 Å². The summed E-state index contributed by atoms with van der Waals surface area (Å²) in [6.45, 7) is 5.96. The predicted octanol–water partition coefficient (Wildman–Crippen LogP) is 0.744. The van der Waals surface area contributed by atoms with Crippen LogP contribution in [0.1, 0.15) is 33.6 Å². The van der Waals surface area contributed by atoms with Crippen molar-refractivity contribution in [2.24, 2.45) is 0 Å². The molecule has 3 N–H and O–H groups in total. The molecule has 0 aromatic carbocycles. The van der Waals surface area contributed by atoms with Gasteiger partial charge in [-0.3, -0.25) is 4.79 Å². The second-order valence-corrected chi connectivity index (χ2v) is 3.98. The molecule has 104 valence electrons. The van der Waals surface area contributed by atoms with Gasteiger partial charge in [0.05, 0.1) is 6.42 Å². The third kappa shape index (κ3) is 5.03. The summed E-state index contributed by atoms with van der Waals surface area (Å²) < 4.78 is 0. The SMILES string of the molecule is CCC(C)N(CC)C(=O)NC(CC(=O)O)C(=O)O. The quantitative estimate of drug-likeness (QED) is 0.626. The van der Waals surface area contributed by atoms with Crippen molar-refractivity contribution in [3.63, 3.8) is 0 Å². The Kier molecular flexibility index (Phi) is 6.77. The van der Waals surface area contributed by atoms with Crippen molar-refractivity contribution < 1.29 is 24.6 Å². The maximum atomic E-state index is 11.8. The van der Waals surface area contributed by atoms with Gasteiger partial charge >= 0.3 is 18.0 Å². The smallest absolute Gasteiger partial charge is 0.326 e. The normalized spacial score (nSPS) is 13.5. The van der Waals surface area contributed by atoms with Crippen LogP contribution >= 0.6 is 0 Å². The van der Waals surface area contributed by atoms with E-state index in [1.165, 1.54) is 4.90 Å². The minimum Gasteiger partial charge on any atom is -0.481 e. The van der Waals surface area contributed by atoms with Gasteiger partial charge in [0.15, 0.2) is 0 Å². The van der Waals surface area contributed by atoms with Crippen LogP contribution < -0.4 is 5.32 Å². The molecule has 2 atom stereocenters. The first-order chi connectivity index (χ1) is 8.33. The molecule has 7 heteroatoms. The van der Waals surface area contributed by atoms with Gasteiger partial charge in [-0.25, -0.2) is 9.59 Å². The Hall–Kier alpha value is -1.79. The monoisotopic (exact) mass is 260 g/mol. The second kappa shape index (κ2) is 7.52. The lowest BCUT2D eigenvalue weighted by Gasteiger charge is -2.28. The molecular weight excluding hydrogens is 240 g/mol. The highest BCUT2D eigenvalue weighted by Gasteiger charge is 2.26. The Balaban J connectivity index is 4.66. The molecule has 0 fully saturated rings. The minimum absolute atomic E-state index is 0.0331. The summed E-state index contributed by atoms with van der Waals surface area (Å²) in [6, 6.07) is -2.00. The van der Waals surface area contributed by atoms with Gasteiger partial charge in [-0.1, -0.05) is 6.92 Å². The number of carbonyl (C=O) groups excluding carboxylic acids is 1. The van der Waals surface area contributed by atoms with E-state index in [2.05, 4.69) is 5.32 Å². The largest absolute Gasteiger partial charge is 0.481 e. The Labute approximate surface area is 106 Å². The van der Waals surface area contributed by atoms with E-state index in [4.69, 9.17) is 10.2 Å². The molecule has 0 heterocycles. The molecule has 0 aliphatic rings. The molecule has 18 heavy (non-hydrogen) atoms. The molecule has 0 spiro atoms. The van der Waals surface area contributed by atoms with Gasteiger partial charge in [-0.15, -0.1) is 0 Å². The van der Waals surface area contributed by atoms with Gasteiger partial charge in [0, 0.05) is 12.6 Å². The average molecular weight is 260 g/mol. The summed E-state index contributed by atoms with van der Waals surface area (Å²) in [5.41, 5.74) is 0. The number of carbonyl (C=O) groups is 3. The van der Waals surface area contributed by atoms with Crippen molar-refractivity contribution in [3.05, 3.63) is 0 Å². The predicted molar refractivity (Wildman–Crippen MR) is 64.3 cm³/mol. The van der Waals surface area contributed by atoms with Crippen LogP contribution in [0.5, 0.6) is 0 Å². The Morgan fingerprint density at radius 1 is 1.22 bits per heavy atom. The molecule has 0 saturated carbocycles. The first kappa shape index (κ1) is 16.2. The highest BCUT2D eigenvalue weighted by Crippen LogP contribution is 2.04. The van der Waals surface area contributed by atoms with E-state index < -0.39 is 30.4 Å². The molecule has 0 aliphatic carbocycles. The standard InChI is InChI=1S/C11H20N2O5/c1-4-7(3)13(5-2)11(18)12-8(10(16)17)6-9(14)15/h7-8H,4-6H2,1-3H3,(H,12,18)(H,14,15)(H,16,17). The zero-order valence-corrected chi connectivity index (χ0v) is 10.8. The van der Waals surface area contributed by atoms with E-state index >= 15 is 0 Å². The van der Waals surface area contributed by atoms with E-state index in [0.29, 0.717) is 6.54 Å². The maximum Gasteiger partial charge on any atom is 0.326 e. The molecule has 0 aromatic heterocycles. The number of aliphatic carboxylic acids is 2. The van der Waals surface area contributed by atoms with Gasteiger partial charge in [0.1, 0.15) is 6.04 Å². The molecule has 7 nitrogen and oxygen atoms in total. The van der Waals surface area contributed by atoms with Gasteiger partial charge in [0.25, 0.3) is 0 Å². The number of rotatable bonds is 7. The number of amides is 2. The fraction of sp³-hybridized carbons (Fsp3) is 0.727. The third-order valence-electron chi connectivity index (χ3n) is 2.70. The summed E-state index contributed by atoms with van der Waals surface area (Å²) in [4.78, 5) is 34.6. The Morgan fingerprint density at radius 2 is 1.78 bits per heavy atom. The summed E-state index contributed by atoms with van der Waals surface area (Å²) in [5.74, 6) is -2.62. The van der Waals surface area contributed by atoms with Crippen LogP contribution in [0, 0.1) is 0 Å². The molecule has 0 rings (SSSR count). The molecule has 2 amide bonds. The Morgan fingerprint density at radius 3 is 2.11 bits per heavy atom. The third-order valence-corrected chi connectivity index (χ3v) is 2.70. The number of carboxylic acid groups (broad SMARTS) is 2. The highest BCUT2D eigenvalue weighted by molar-refractivity contribution is 5.86. The molecule has 0 radical (unpaired) electrons. The van der Waals surface area contributed by atoms with Crippen molar-refractivity contribution in [2.45, 2.75) is 45.7 Å². The molecular formula is C11H20N2O5. The van der Waals surface area contributed by atoms with Crippen LogP contribution in [0.25, 0.3) is 0 Å². The zero-order chi connectivity index (χ0) is 14.3. The first-order valence-electron chi connectivity index (χ1n) is 5.85. The second-order valence-electron chi connectivity index (χ2n) is 3.98. The summed E-state index contributed by atoms with van der Waals surface area (Å²) in [5, 5.41) is 19.6. The summed E-state index contributed by atoms with van der Waals surface area (Å²) >= 11 is 0. The van der Waals surface area contributed by atoms with Crippen molar-refractivity contribution in [2.75, 3.05) is 6.54 Å². The number of hydrogen-bond acceptors (Lipinski definition) is 3.